The molecule has 3 heterocycles. The predicted octanol–water partition coefficient (Wildman–Crippen LogP) is 2.89. The third-order valence-corrected chi connectivity index (χ3v) is 8.60. The molecule has 202 valence electrons. The summed E-state index contributed by atoms with van der Waals surface area (Å²) >= 11 is 0. The second-order valence-corrected chi connectivity index (χ2v) is 10.8. The highest BCUT2D eigenvalue weighted by molar-refractivity contribution is 5.98. The van der Waals surface area contributed by atoms with Crippen molar-refractivity contribution >= 4 is 34.3 Å². The van der Waals surface area contributed by atoms with E-state index in [1.54, 1.807) is 25.1 Å². The zero-order valence-corrected chi connectivity index (χ0v) is 21.3. The van der Waals surface area contributed by atoms with E-state index in [0.717, 1.165) is 49.2 Å². The Morgan fingerprint density at radius 1 is 1.08 bits per heavy atom. The smallest absolute Gasteiger partial charge is 0.408 e. The molecule has 3 saturated carbocycles. The maximum absolute atomic E-state index is 14.5. The zero-order valence-electron chi connectivity index (χ0n) is 21.3. The molecule has 7 rings (SSSR count). The molecule has 3 aromatic heterocycles. The standard InChI is InChI=1S/C27H27FN6O5/c1-15(35)27-7-4-26(5-8-27,6-9-27)14-30-24(37)20-11-19(32-22-17(28)13-31-34(20)22)23(36)29-12-16-2-3-21-18(10-16)33-25(38)39-21/h2-3,10-11,13H,4-9,12,14H2,1H3,(H,29,36)(H,30,37)(H,33,38). The number of Topliss-reactive ketones (excluding diaryl/α,β-unsaturated/α-hetero) is 1. The number of nitrogens with zero attached hydrogens (tertiary/aromatic N) is 3. The number of halogens is 1. The van der Waals surface area contributed by atoms with Crippen LogP contribution in [0.1, 0.15) is 72.0 Å². The van der Waals surface area contributed by atoms with Gasteiger partial charge in [-0.3, -0.25) is 19.4 Å². The first-order valence-corrected chi connectivity index (χ1v) is 12.9. The second-order valence-electron chi connectivity index (χ2n) is 10.8. The van der Waals surface area contributed by atoms with Crippen LogP contribution >= 0.6 is 0 Å². The molecule has 11 nitrogen and oxygen atoms in total. The maximum atomic E-state index is 14.5. The summed E-state index contributed by atoms with van der Waals surface area (Å²) in [5.41, 5.74) is 0.925. The highest BCUT2D eigenvalue weighted by Crippen LogP contribution is 2.56. The van der Waals surface area contributed by atoms with Gasteiger partial charge in [0.05, 0.1) is 11.7 Å². The summed E-state index contributed by atoms with van der Waals surface area (Å²) < 4.78 is 20.5. The lowest BCUT2D eigenvalue weighted by Gasteiger charge is -2.52. The Kier molecular flexibility index (Phi) is 5.85. The van der Waals surface area contributed by atoms with E-state index in [2.05, 4.69) is 25.7 Å². The number of aromatic amines is 1. The summed E-state index contributed by atoms with van der Waals surface area (Å²) in [4.78, 5) is 56.4. The van der Waals surface area contributed by atoms with Crippen LogP contribution in [-0.4, -0.2) is 43.7 Å². The van der Waals surface area contributed by atoms with Crippen molar-refractivity contribution in [3.8, 4) is 0 Å². The fourth-order valence-electron chi connectivity index (χ4n) is 6.01. The van der Waals surface area contributed by atoms with Crippen molar-refractivity contribution in [1.29, 1.82) is 0 Å². The van der Waals surface area contributed by atoms with E-state index in [9.17, 15) is 23.6 Å². The maximum Gasteiger partial charge on any atom is 0.417 e. The van der Waals surface area contributed by atoms with E-state index in [4.69, 9.17) is 4.42 Å². The number of carbonyl (C=O) groups is 3. The number of oxazole rings is 1. The number of nitrogens with one attached hydrogen (secondary N) is 3. The summed E-state index contributed by atoms with van der Waals surface area (Å²) in [5, 5.41) is 9.62. The quantitative estimate of drug-likeness (QED) is 0.330. The van der Waals surface area contributed by atoms with E-state index in [0.29, 0.717) is 23.2 Å². The molecule has 39 heavy (non-hydrogen) atoms. The SMILES string of the molecule is CC(=O)C12CCC(CNC(=O)c3cc(C(=O)NCc4ccc5oc(=O)[nH]c5c4)nc4c(F)cnn34)(CC1)CC2. The number of ketones is 1. The van der Waals surface area contributed by atoms with Crippen molar-refractivity contribution in [2.75, 3.05) is 6.54 Å². The van der Waals surface area contributed by atoms with Gasteiger partial charge in [0, 0.05) is 24.6 Å². The van der Waals surface area contributed by atoms with E-state index >= 15 is 0 Å². The molecule has 3 fully saturated rings. The summed E-state index contributed by atoms with van der Waals surface area (Å²) in [7, 11) is 0. The molecular formula is C27H27FN6O5. The number of carbonyl (C=O) groups excluding carboxylic acids is 3. The Hall–Kier alpha value is -4.35. The van der Waals surface area contributed by atoms with Crippen LogP contribution in [0.4, 0.5) is 4.39 Å². The van der Waals surface area contributed by atoms with Gasteiger partial charge < -0.3 is 15.1 Å². The summed E-state index contributed by atoms with van der Waals surface area (Å²) in [6.07, 6.45) is 6.02. The lowest BCUT2D eigenvalue weighted by molar-refractivity contribution is -0.135. The molecular weight excluding hydrogens is 507 g/mol. The van der Waals surface area contributed by atoms with Gasteiger partial charge in [-0.25, -0.2) is 18.7 Å². The molecule has 0 unspecified atom stereocenters. The fraction of sp³-hybridized carbons (Fsp3) is 0.407. The number of amides is 2. The van der Waals surface area contributed by atoms with E-state index in [1.807, 2.05) is 0 Å². The van der Waals surface area contributed by atoms with Gasteiger partial charge in [-0.1, -0.05) is 6.07 Å². The highest BCUT2D eigenvalue weighted by Gasteiger charge is 2.50. The van der Waals surface area contributed by atoms with Gasteiger partial charge in [-0.2, -0.15) is 5.10 Å². The lowest BCUT2D eigenvalue weighted by Crippen LogP contribution is -2.49. The lowest BCUT2D eigenvalue weighted by atomic mass is 9.52. The van der Waals surface area contributed by atoms with Crippen LogP contribution in [0.5, 0.6) is 0 Å². The topological polar surface area (TPSA) is 151 Å². The molecule has 12 heteroatoms. The van der Waals surface area contributed by atoms with Crippen LogP contribution in [0.25, 0.3) is 16.7 Å². The van der Waals surface area contributed by atoms with Gasteiger partial charge in [-0.15, -0.1) is 0 Å². The van der Waals surface area contributed by atoms with Crippen molar-refractivity contribution < 1.29 is 23.2 Å². The van der Waals surface area contributed by atoms with E-state index < -0.39 is 23.4 Å². The number of hydrogen-bond donors (Lipinski definition) is 3. The Labute approximate surface area is 221 Å². The van der Waals surface area contributed by atoms with Crippen molar-refractivity contribution in [2.45, 2.75) is 52.0 Å². The Morgan fingerprint density at radius 2 is 1.82 bits per heavy atom. The van der Waals surface area contributed by atoms with Crippen molar-refractivity contribution in [2.24, 2.45) is 10.8 Å². The molecule has 3 aliphatic carbocycles. The third-order valence-electron chi connectivity index (χ3n) is 8.60. The number of hydrogen-bond acceptors (Lipinski definition) is 7. The number of fused-ring (bicyclic) bond motifs is 5. The second kappa shape index (κ2) is 9.14. The first kappa shape index (κ1) is 25.0. The minimum absolute atomic E-state index is 0.00690. The zero-order chi connectivity index (χ0) is 27.4. The van der Waals surface area contributed by atoms with Gasteiger partial charge in [0.15, 0.2) is 17.0 Å². The summed E-state index contributed by atoms with van der Waals surface area (Å²) in [5.74, 6) is -2.17. The minimum atomic E-state index is -0.758. The molecule has 0 saturated heterocycles. The molecule has 0 aliphatic heterocycles. The first-order valence-electron chi connectivity index (χ1n) is 12.9. The predicted molar refractivity (Wildman–Crippen MR) is 137 cm³/mol. The van der Waals surface area contributed by atoms with Crippen LogP contribution in [0.2, 0.25) is 0 Å². The number of benzene rings is 1. The minimum Gasteiger partial charge on any atom is -0.408 e. The van der Waals surface area contributed by atoms with Gasteiger partial charge in [0.25, 0.3) is 11.8 Å². The fourth-order valence-corrected chi connectivity index (χ4v) is 6.01. The summed E-state index contributed by atoms with van der Waals surface area (Å²) in [6.45, 7) is 2.20. The first-order chi connectivity index (χ1) is 18.7. The molecule has 0 spiro atoms. The van der Waals surface area contributed by atoms with Crippen LogP contribution in [0, 0.1) is 16.6 Å². The molecule has 3 aliphatic rings. The van der Waals surface area contributed by atoms with E-state index in [-0.39, 0.29) is 40.2 Å². The Bertz CT molecular complexity index is 1680. The molecule has 4 aromatic rings. The Balaban J connectivity index is 1.18. The third kappa shape index (κ3) is 4.39. The van der Waals surface area contributed by atoms with Gasteiger partial charge in [0.2, 0.25) is 0 Å². The van der Waals surface area contributed by atoms with Crippen LogP contribution in [0.15, 0.2) is 39.7 Å². The summed E-state index contributed by atoms with van der Waals surface area (Å²) in [6, 6.07) is 6.27. The van der Waals surface area contributed by atoms with Gasteiger partial charge in [0.1, 0.15) is 17.2 Å². The molecule has 0 radical (unpaired) electrons. The average molecular weight is 535 g/mol. The van der Waals surface area contributed by atoms with Crippen molar-refractivity contribution in [3.63, 3.8) is 0 Å². The largest absolute Gasteiger partial charge is 0.417 e. The highest BCUT2D eigenvalue weighted by atomic mass is 19.1. The van der Waals surface area contributed by atoms with Crippen LogP contribution in [-0.2, 0) is 11.3 Å². The molecule has 2 bridgehead atoms. The van der Waals surface area contributed by atoms with Crippen molar-refractivity contribution in [3.05, 3.63) is 63.8 Å². The van der Waals surface area contributed by atoms with Crippen LogP contribution in [0.3, 0.4) is 0 Å². The Morgan fingerprint density at radius 3 is 2.54 bits per heavy atom. The normalized spacial score (nSPS) is 22.3. The number of H-pyrrole nitrogens is 1. The molecule has 0 atom stereocenters. The van der Waals surface area contributed by atoms with Gasteiger partial charge >= 0.3 is 5.76 Å². The molecule has 1 aromatic carbocycles. The van der Waals surface area contributed by atoms with Gasteiger partial charge in [-0.05, 0) is 68.6 Å². The van der Waals surface area contributed by atoms with Crippen molar-refractivity contribution in [1.82, 2.24) is 30.2 Å². The van der Waals surface area contributed by atoms with Crippen LogP contribution < -0.4 is 16.4 Å². The van der Waals surface area contributed by atoms with E-state index in [1.165, 1.54) is 6.07 Å². The number of aromatic nitrogens is 4. The number of rotatable bonds is 7. The molecule has 3 N–H and O–H groups in total. The average Bonchev–Trinajstić information content (AvgIpc) is 3.51. The molecule has 2 amide bonds. The monoisotopic (exact) mass is 534 g/mol.